The average Bonchev–Trinajstić information content (AvgIpc) is 2.09. The Morgan fingerprint density at radius 2 is 2.31 bits per heavy atom. The van der Waals surface area contributed by atoms with Crippen LogP contribution in [-0.4, -0.2) is 11.0 Å². The Morgan fingerprint density at radius 1 is 1.54 bits per heavy atom. The van der Waals surface area contributed by atoms with Gasteiger partial charge >= 0.3 is 0 Å². The standard InChI is InChI=1S/C10H15FN2/c1-2-3-9(12)6-10-5-4-8(11)7-13-10/h4-5,7,9H,2-3,6,12H2,1H3. The Morgan fingerprint density at radius 3 is 2.85 bits per heavy atom. The minimum absolute atomic E-state index is 0.142. The largest absolute Gasteiger partial charge is 0.327 e. The van der Waals surface area contributed by atoms with Gasteiger partial charge in [-0.3, -0.25) is 4.98 Å². The summed E-state index contributed by atoms with van der Waals surface area (Å²) >= 11 is 0. The van der Waals surface area contributed by atoms with Gasteiger partial charge in [-0.1, -0.05) is 13.3 Å². The zero-order valence-corrected chi connectivity index (χ0v) is 7.83. The lowest BCUT2D eigenvalue weighted by Crippen LogP contribution is -2.22. The Kier molecular flexibility index (Phi) is 3.83. The van der Waals surface area contributed by atoms with Gasteiger partial charge in [-0.25, -0.2) is 4.39 Å². The first-order chi connectivity index (χ1) is 6.22. The molecule has 2 nitrogen and oxygen atoms in total. The van der Waals surface area contributed by atoms with Gasteiger partial charge in [0.2, 0.25) is 0 Å². The second kappa shape index (κ2) is 4.92. The molecule has 0 amide bonds. The maximum atomic E-state index is 12.5. The SMILES string of the molecule is CCCC(N)Cc1ccc(F)cn1. The predicted octanol–water partition coefficient (Wildman–Crippen LogP) is 1.89. The van der Waals surface area contributed by atoms with E-state index in [1.807, 2.05) is 0 Å². The van der Waals surface area contributed by atoms with Gasteiger partial charge in [-0.15, -0.1) is 0 Å². The van der Waals surface area contributed by atoms with Gasteiger partial charge in [0.1, 0.15) is 5.82 Å². The molecule has 0 bridgehead atoms. The lowest BCUT2D eigenvalue weighted by Gasteiger charge is -2.08. The van der Waals surface area contributed by atoms with Crippen LogP contribution in [0.25, 0.3) is 0 Å². The van der Waals surface area contributed by atoms with Crippen molar-refractivity contribution in [3.05, 3.63) is 29.8 Å². The van der Waals surface area contributed by atoms with E-state index >= 15 is 0 Å². The van der Waals surface area contributed by atoms with Gasteiger partial charge < -0.3 is 5.73 Å². The molecule has 0 saturated heterocycles. The van der Waals surface area contributed by atoms with Crippen LogP contribution in [0.1, 0.15) is 25.5 Å². The zero-order valence-electron chi connectivity index (χ0n) is 7.83. The fourth-order valence-corrected chi connectivity index (χ4v) is 1.27. The molecule has 0 aliphatic carbocycles. The first-order valence-electron chi connectivity index (χ1n) is 4.58. The highest BCUT2D eigenvalue weighted by Crippen LogP contribution is 2.04. The van der Waals surface area contributed by atoms with Crippen LogP contribution < -0.4 is 5.73 Å². The molecule has 0 aliphatic heterocycles. The molecule has 72 valence electrons. The molecular formula is C10H15FN2. The van der Waals surface area contributed by atoms with Gasteiger partial charge in [0, 0.05) is 18.2 Å². The molecule has 1 aromatic rings. The predicted molar refractivity (Wildman–Crippen MR) is 50.8 cm³/mol. The molecular weight excluding hydrogens is 167 g/mol. The summed E-state index contributed by atoms with van der Waals surface area (Å²) in [5, 5.41) is 0. The molecule has 0 radical (unpaired) electrons. The number of hydrogen-bond acceptors (Lipinski definition) is 2. The van der Waals surface area contributed by atoms with Crippen LogP contribution in [0.3, 0.4) is 0 Å². The van der Waals surface area contributed by atoms with E-state index < -0.39 is 0 Å². The van der Waals surface area contributed by atoms with Gasteiger partial charge in [0.05, 0.1) is 6.20 Å². The molecule has 1 aromatic heterocycles. The van der Waals surface area contributed by atoms with Crippen LogP contribution in [0.2, 0.25) is 0 Å². The number of nitrogens with two attached hydrogens (primary N) is 1. The van der Waals surface area contributed by atoms with E-state index in [4.69, 9.17) is 5.73 Å². The minimum atomic E-state index is -0.298. The number of rotatable bonds is 4. The van der Waals surface area contributed by atoms with E-state index in [1.54, 1.807) is 6.07 Å². The summed E-state index contributed by atoms with van der Waals surface area (Å²) in [6, 6.07) is 3.24. The van der Waals surface area contributed by atoms with Crippen molar-refractivity contribution in [2.75, 3.05) is 0 Å². The summed E-state index contributed by atoms with van der Waals surface area (Å²) < 4.78 is 12.5. The normalized spacial score (nSPS) is 12.8. The molecule has 0 spiro atoms. The first-order valence-corrected chi connectivity index (χ1v) is 4.58. The summed E-state index contributed by atoms with van der Waals surface area (Å²) in [6.07, 6.45) is 4.02. The fourth-order valence-electron chi connectivity index (χ4n) is 1.27. The maximum absolute atomic E-state index is 12.5. The van der Waals surface area contributed by atoms with Crippen LogP contribution in [-0.2, 0) is 6.42 Å². The molecule has 0 fully saturated rings. The maximum Gasteiger partial charge on any atom is 0.141 e. The molecule has 1 atom stereocenters. The molecule has 1 heterocycles. The number of hydrogen-bond donors (Lipinski definition) is 1. The van der Waals surface area contributed by atoms with Crippen molar-refractivity contribution in [2.24, 2.45) is 5.73 Å². The van der Waals surface area contributed by atoms with Gasteiger partial charge in [0.25, 0.3) is 0 Å². The summed E-state index contributed by atoms with van der Waals surface area (Å²) in [4.78, 5) is 3.95. The highest BCUT2D eigenvalue weighted by atomic mass is 19.1. The third-order valence-corrected chi connectivity index (χ3v) is 1.92. The molecule has 0 aromatic carbocycles. The Hall–Kier alpha value is -0.960. The van der Waals surface area contributed by atoms with E-state index in [-0.39, 0.29) is 11.9 Å². The van der Waals surface area contributed by atoms with E-state index in [1.165, 1.54) is 12.3 Å². The van der Waals surface area contributed by atoms with Crippen LogP contribution in [0.4, 0.5) is 4.39 Å². The van der Waals surface area contributed by atoms with Crippen molar-refractivity contribution in [3.8, 4) is 0 Å². The monoisotopic (exact) mass is 182 g/mol. The van der Waals surface area contributed by atoms with Gasteiger partial charge in [0.15, 0.2) is 0 Å². The summed E-state index contributed by atoms with van der Waals surface area (Å²) in [6.45, 7) is 2.10. The van der Waals surface area contributed by atoms with Crippen molar-refractivity contribution < 1.29 is 4.39 Å². The van der Waals surface area contributed by atoms with Crippen molar-refractivity contribution >= 4 is 0 Å². The lowest BCUT2D eigenvalue weighted by atomic mass is 10.1. The Bertz CT molecular complexity index is 246. The van der Waals surface area contributed by atoms with E-state index in [0.29, 0.717) is 0 Å². The summed E-state index contributed by atoms with van der Waals surface area (Å²) in [5.41, 5.74) is 6.68. The minimum Gasteiger partial charge on any atom is -0.327 e. The molecule has 0 aliphatic rings. The zero-order chi connectivity index (χ0) is 9.68. The summed E-state index contributed by atoms with van der Waals surface area (Å²) in [5.74, 6) is -0.298. The smallest absolute Gasteiger partial charge is 0.141 e. The topological polar surface area (TPSA) is 38.9 Å². The number of nitrogens with zero attached hydrogens (tertiary/aromatic N) is 1. The number of pyridine rings is 1. The third kappa shape index (κ3) is 3.51. The van der Waals surface area contributed by atoms with E-state index in [0.717, 1.165) is 25.0 Å². The number of aromatic nitrogens is 1. The first kappa shape index (κ1) is 10.1. The van der Waals surface area contributed by atoms with Crippen LogP contribution in [0.15, 0.2) is 18.3 Å². The van der Waals surface area contributed by atoms with Crippen LogP contribution in [0.5, 0.6) is 0 Å². The fraction of sp³-hybridized carbons (Fsp3) is 0.500. The quantitative estimate of drug-likeness (QED) is 0.772. The van der Waals surface area contributed by atoms with Crippen LogP contribution in [0, 0.1) is 5.82 Å². The Labute approximate surface area is 78.0 Å². The van der Waals surface area contributed by atoms with E-state index in [2.05, 4.69) is 11.9 Å². The van der Waals surface area contributed by atoms with E-state index in [9.17, 15) is 4.39 Å². The molecule has 13 heavy (non-hydrogen) atoms. The molecule has 1 unspecified atom stereocenters. The molecule has 0 saturated carbocycles. The summed E-state index contributed by atoms with van der Waals surface area (Å²) in [7, 11) is 0. The second-order valence-corrected chi connectivity index (χ2v) is 3.22. The average molecular weight is 182 g/mol. The van der Waals surface area contributed by atoms with Crippen molar-refractivity contribution in [2.45, 2.75) is 32.2 Å². The molecule has 2 N–H and O–H groups in total. The number of halogens is 1. The Balaban J connectivity index is 2.49. The van der Waals surface area contributed by atoms with Gasteiger partial charge in [-0.05, 0) is 18.6 Å². The second-order valence-electron chi connectivity index (χ2n) is 3.22. The highest BCUT2D eigenvalue weighted by molar-refractivity contribution is 5.06. The molecule has 3 heteroatoms. The van der Waals surface area contributed by atoms with Gasteiger partial charge in [-0.2, -0.15) is 0 Å². The lowest BCUT2D eigenvalue weighted by molar-refractivity contribution is 0.585. The van der Waals surface area contributed by atoms with Crippen molar-refractivity contribution in [3.63, 3.8) is 0 Å². The van der Waals surface area contributed by atoms with Crippen molar-refractivity contribution in [1.82, 2.24) is 4.98 Å². The third-order valence-electron chi connectivity index (χ3n) is 1.92. The van der Waals surface area contributed by atoms with Crippen LogP contribution >= 0.6 is 0 Å². The molecule has 1 rings (SSSR count). The van der Waals surface area contributed by atoms with Crippen molar-refractivity contribution in [1.29, 1.82) is 0 Å². The highest BCUT2D eigenvalue weighted by Gasteiger charge is 2.03.